The summed E-state index contributed by atoms with van der Waals surface area (Å²) < 4.78 is 22.6. The van der Waals surface area contributed by atoms with Crippen LogP contribution in [0.15, 0.2) is 34.2 Å². The van der Waals surface area contributed by atoms with Gasteiger partial charge in [0.2, 0.25) is 10.0 Å². The molecule has 2 rings (SSSR count). The van der Waals surface area contributed by atoms with Gasteiger partial charge in [-0.1, -0.05) is 38.8 Å². The second-order valence-electron chi connectivity index (χ2n) is 6.66. The number of benzene rings is 1. The lowest BCUT2D eigenvalue weighted by Crippen LogP contribution is -2.40. The predicted molar refractivity (Wildman–Crippen MR) is 117 cm³/mol. The molecule has 148 valence electrons. The smallest absolute Gasteiger partial charge is 0.238 e. The Labute approximate surface area is 174 Å². The van der Waals surface area contributed by atoms with Crippen molar-refractivity contribution in [2.75, 3.05) is 20.1 Å². The van der Waals surface area contributed by atoms with Gasteiger partial charge in [0.25, 0.3) is 0 Å². The molecule has 1 atom stereocenters. The standard InChI is InChI=1S/C18H30N4O2S.HI/c1-4-15(5-2)16-10-11-22(13-16)18(20-3)21-12-14-6-8-17(9-7-14)25(19,23)24;/h6-9,15-16H,4-5,10-13H2,1-3H3,(H,20,21)(H2,19,23,24);1H. The molecule has 1 unspecified atom stereocenters. The maximum absolute atomic E-state index is 11.3. The van der Waals surface area contributed by atoms with Crippen molar-refractivity contribution in [3.63, 3.8) is 0 Å². The fourth-order valence-electron chi connectivity index (χ4n) is 3.63. The molecule has 0 radical (unpaired) electrons. The molecule has 0 spiro atoms. The number of halogens is 1. The van der Waals surface area contributed by atoms with Gasteiger partial charge in [0.1, 0.15) is 0 Å². The van der Waals surface area contributed by atoms with Crippen LogP contribution in [0.5, 0.6) is 0 Å². The van der Waals surface area contributed by atoms with E-state index in [0.29, 0.717) is 6.54 Å². The predicted octanol–water partition coefficient (Wildman–Crippen LogP) is 2.79. The van der Waals surface area contributed by atoms with Crippen molar-refractivity contribution in [1.82, 2.24) is 10.2 Å². The van der Waals surface area contributed by atoms with E-state index in [1.54, 1.807) is 19.2 Å². The molecule has 26 heavy (non-hydrogen) atoms. The number of sulfonamides is 1. The van der Waals surface area contributed by atoms with E-state index >= 15 is 0 Å². The number of hydrogen-bond donors (Lipinski definition) is 2. The van der Waals surface area contributed by atoms with E-state index in [1.165, 1.54) is 31.4 Å². The Morgan fingerprint density at radius 3 is 2.42 bits per heavy atom. The normalized spacial score (nSPS) is 18.1. The second kappa shape index (κ2) is 10.5. The van der Waals surface area contributed by atoms with Crippen molar-refractivity contribution in [2.24, 2.45) is 22.0 Å². The zero-order valence-corrected chi connectivity index (χ0v) is 19.0. The molecule has 1 fully saturated rings. The van der Waals surface area contributed by atoms with Crippen molar-refractivity contribution in [3.05, 3.63) is 29.8 Å². The lowest BCUT2D eigenvalue weighted by atomic mass is 9.87. The zero-order valence-electron chi connectivity index (χ0n) is 15.8. The van der Waals surface area contributed by atoms with Gasteiger partial charge in [0.15, 0.2) is 5.96 Å². The molecule has 1 aliphatic rings. The van der Waals surface area contributed by atoms with E-state index in [0.717, 1.165) is 36.4 Å². The van der Waals surface area contributed by atoms with Gasteiger partial charge >= 0.3 is 0 Å². The summed E-state index contributed by atoms with van der Waals surface area (Å²) in [6.45, 7) is 7.23. The third-order valence-corrected chi connectivity index (χ3v) is 6.08. The third-order valence-electron chi connectivity index (χ3n) is 5.15. The largest absolute Gasteiger partial charge is 0.352 e. The number of aliphatic imine (C=N–C) groups is 1. The first-order valence-corrected chi connectivity index (χ1v) is 10.5. The highest BCUT2D eigenvalue weighted by molar-refractivity contribution is 14.0. The Morgan fingerprint density at radius 2 is 1.92 bits per heavy atom. The SMILES string of the molecule is CCC(CC)C1CCN(C(=NC)NCc2ccc(S(N)(=O)=O)cc2)C1.I. The first kappa shape index (κ1) is 23.2. The number of primary sulfonamides is 1. The number of nitrogens with one attached hydrogen (secondary N) is 1. The minimum Gasteiger partial charge on any atom is -0.352 e. The van der Waals surface area contributed by atoms with Crippen molar-refractivity contribution >= 4 is 40.0 Å². The number of guanidine groups is 1. The molecule has 0 aromatic heterocycles. The molecule has 1 heterocycles. The van der Waals surface area contributed by atoms with Crippen LogP contribution < -0.4 is 10.5 Å². The Balaban J connectivity index is 0.00000338. The summed E-state index contributed by atoms with van der Waals surface area (Å²) in [5, 5.41) is 8.50. The van der Waals surface area contributed by atoms with E-state index in [9.17, 15) is 8.42 Å². The highest BCUT2D eigenvalue weighted by Crippen LogP contribution is 2.28. The van der Waals surface area contributed by atoms with E-state index < -0.39 is 10.0 Å². The Kier molecular flexibility index (Phi) is 9.32. The topological polar surface area (TPSA) is 87.8 Å². The molecule has 0 bridgehead atoms. The van der Waals surface area contributed by atoms with E-state index in [4.69, 9.17) is 5.14 Å². The molecular weight excluding hydrogens is 463 g/mol. The van der Waals surface area contributed by atoms with Crippen LogP contribution >= 0.6 is 24.0 Å². The summed E-state index contributed by atoms with van der Waals surface area (Å²) in [6, 6.07) is 6.62. The number of rotatable bonds is 6. The Bertz CT molecular complexity index is 688. The van der Waals surface area contributed by atoms with Crippen LogP contribution in [0.25, 0.3) is 0 Å². The monoisotopic (exact) mass is 494 g/mol. The lowest BCUT2D eigenvalue weighted by molar-refractivity contribution is 0.319. The molecule has 1 aliphatic heterocycles. The quantitative estimate of drug-likeness (QED) is 0.362. The summed E-state index contributed by atoms with van der Waals surface area (Å²) in [5.41, 5.74) is 0.990. The summed E-state index contributed by atoms with van der Waals surface area (Å²) >= 11 is 0. The average molecular weight is 494 g/mol. The van der Waals surface area contributed by atoms with E-state index in [1.807, 2.05) is 0 Å². The molecule has 1 aromatic carbocycles. The minimum absolute atomic E-state index is 0. The maximum Gasteiger partial charge on any atom is 0.238 e. The van der Waals surface area contributed by atoms with Gasteiger partial charge in [-0.15, -0.1) is 24.0 Å². The molecular formula is C18H31IN4O2S. The van der Waals surface area contributed by atoms with Crippen molar-refractivity contribution < 1.29 is 8.42 Å². The van der Waals surface area contributed by atoms with Crippen molar-refractivity contribution in [3.8, 4) is 0 Å². The molecule has 6 nitrogen and oxygen atoms in total. The number of likely N-dealkylation sites (tertiary alicyclic amines) is 1. The summed E-state index contributed by atoms with van der Waals surface area (Å²) in [5.74, 6) is 2.43. The highest BCUT2D eigenvalue weighted by atomic mass is 127. The summed E-state index contributed by atoms with van der Waals surface area (Å²) in [7, 11) is -1.84. The fraction of sp³-hybridized carbons (Fsp3) is 0.611. The van der Waals surface area contributed by atoms with Crippen LogP contribution in [0.3, 0.4) is 0 Å². The van der Waals surface area contributed by atoms with Crippen LogP contribution in [0, 0.1) is 11.8 Å². The van der Waals surface area contributed by atoms with Gasteiger partial charge < -0.3 is 10.2 Å². The lowest BCUT2D eigenvalue weighted by Gasteiger charge is -2.24. The molecule has 3 N–H and O–H groups in total. The van der Waals surface area contributed by atoms with E-state index in [2.05, 4.69) is 29.1 Å². The van der Waals surface area contributed by atoms with Gasteiger partial charge in [-0.3, -0.25) is 4.99 Å². The molecule has 0 aliphatic carbocycles. The van der Waals surface area contributed by atoms with Gasteiger partial charge in [0.05, 0.1) is 4.90 Å². The van der Waals surface area contributed by atoms with Gasteiger partial charge in [-0.25, -0.2) is 13.6 Å². The van der Waals surface area contributed by atoms with Crippen molar-refractivity contribution in [2.45, 2.75) is 44.6 Å². The molecule has 1 saturated heterocycles. The molecule has 0 saturated carbocycles. The Hall–Kier alpha value is -0.870. The van der Waals surface area contributed by atoms with Crippen LogP contribution in [-0.4, -0.2) is 39.4 Å². The molecule has 8 heteroatoms. The minimum atomic E-state index is -3.64. The van der Waals surface area contributed by atoms with Crippen LogP contribution in [0.4, 0.5) is 0 Å². The van der Waals surface area contributed by atoms with Gasteiger partial charge in [-0.2, -0.15) is 0 Å². The summed E-state index contributed by atoms with van der Waals surface area (Å²) in [6.07, 6.45) is 3.69. The Morgan fingerprint density at radius 1 is 1.31 bits per heavy atom. The average Bonchev–Trinajstić information content (AvgIpc) is 3.06. The molecule has 0 amide bonds. The zero-order chi connectivity index (χ0) is 18.4. The molecule has 1 aromatic rings. The summed E-state index contributed by atoms with van der Waals surface area (Å²) in [4.78, 5) is 6.86. The van der Waals surface area contributed by atoms with E-state index in [-0.39, 0.29) is 28.9 Å². The maximum atomic E-state index is 11.3. The number of nitrogens with zero attached hydrogens (tertiary/aromatic N) is 2. The highest BCUT2D eigenvalue weighted by Gasteiger charge is 2.29. The number of nitrogens with two attached hydrogens (primary N) is 1. The van der Waals surface area contributed by atoms with Gasteiger partial charge in [-0.05, 0) is 36.0 Å². The van der Waals surface area contributed by atoms with Crippen LogP contribution in [-0.2, 0) is 16.6 Å². The van der Waals surface area contributed by atoms with Crippen LogP contribution in [0.1, 0.15) is 38.7 Å². The van der Waals surface area contributed by atoms with Crippen molar-refractivity contribution in [1.29, 1.82) is 0 Å². The van der Waals surface area contributed by atoms with Crippen LogP contribution in [0.2, 0.25) is 0 Å². The second-order valence-corrected chi connectivity index (χ2v) is 8.22. The van der Waals surface area contributed by atoms with Gasteiger partial charge in [0, 0.05) is 26.7 Å². The first-order chi connectivity index (χ1) is 11.9. The number of hydrogen-bond acceptors (Lipinski definition) is 3. The first-order valence-electron chi connectivity index (χ1n) is 8.96. The third kappa shape index (κ3) is 6.09. The fourth-order valence-corrected chi connectivity index (χ4v) is 4.15.